The summed E-state index contributed by atoms with van der Waals surface area (Å²) in [5.41, 5.74) is 7.12. The van der Waals surface area contributed by atoms with E-state index in [2.05, 4.69) is 5.16 Å². The number of nitrogens with two attached hydrogens (primary N) is 1. The van der Waals surface area contributed by atoms with Crippen molar-refractivity contribution in [1.82, 2.24) is 0 Å². The van der Waals surface area contributed by atoms with Gasteiger partial charge in [0.05, 0.1) is 12.3 Å². The van der Waals surface area contributed by atoms with Gasteiger partial charge < -0.3 is 20.4 Å². The number of nitrogens with zero attached hydrogens (tertiary/aromatic N) is 1. The third-order valence-corrected chi connectivity index (χ3v) is 3.58. The van der Waals surface area contributed by atoms with Gasteiger partial charge in [0, 0.05) is 13.0 Å². The van der Waals surface area contributed by atoms with E-state index in [-0.39, 0.29) is 0 Å². The third kappa shape index (κ3) is 4.82. The van der Waals surface area contributed by atoms with Crippen LogP contribution in [0, 0.1) is 5.92 Å². The molecule has 0 amide bonds. The quantitative estimate of drug-likeness (QED) is 0.673. The zero-order chi connectivity index (χ0) is 15.8. The van der Waals surface area contributed by atoms with Crippen LogP contribution in [0.1, 0.15) is 18.4 Å². The zero-order valence-electron chi connectivity index (χ0n) is 12.5. The largest absolute Gasteiger partial charge is 0.481 e. The first kappa shape index (κ1) is 16.5. The molecule has 0 spiro atoms. The van der Waals surface area contributed by atoms with Crippen LogP contribution in [0.25, 0.3) is 0 Å². The second-order valence-electron chi connectivity index (χ2n) is 5.33. The van der Waals surface area contributed by atoms with Crippen LogP contribution in [0.15, 0.2) is 35.5 Å². The minimum Gasteiger partial charge on any atom is -0.481 e. The van der Waals surface area contributed by atoms with Gasteiger partial charge in [0.15, 0.2) is 0 Å². The lowest BCUT2D eigenvalue weighted by Crippen LogP contribution is -2.30. The maximum atomic E-state index is 11.5. The van der Waals surface area contributed by atoms with Gasteiger partial charge in [0.25, 0.3) is 0 Å². The lowest BCUT2D eigenvalue weighted by atomic mass is 9.91. The average Bonchev–Trinajstić information content (AvgIpc) is 2.98. The molecule has 0 bridgehead atoms. The standard InChI is InChI=1S/C16H22N2O4/c17-7-4-8-21-11-13-10-15(22-18-13)14(16(19)20)9-12-5-2-1-3-6-12/h1-3,5-6,14-15H,4,7-11,17H2,(H,19,20). The van der Waals surface area contributed by atoms with E-state index >= 15 is 0 Å². The van der Waals surface area contributed by atoms with Crippen molar-refractivity contribution in [2.75, 3.05) is 19.8 Å². The Kier molecular flexibility index (Phi) is 6.36. The Morgan fingerprint density at radius 1 is 1.45 bits per heavy atom. The van der Waals surface area contributed by atoms with E-state index in [1.54, 1.807) is 0 Å². The molecule has 0 radical (unpaired) electrons. The lowest BCUT2D eigenvalue weighted by Gasteiger charge is -2.17. The number of ether oxygens (including phenoxy) is 1. The van der Waals surface area contributed by atoms with Gasteiger partial charge in [0.2, 0.25) is 0 Å². The molecule has 3 N–H and O–H groups in total. The van der Waals surface area contributed by atoms with Gasteiger partial charge in [-0.2, -0.15) is 0 Å². The van der Waals surface area contributed by atoms with E-state index < -0.39 is 18.0 Å². The Hall–Kier alpha value is -1.92. The fraction of sp³-hybridized carbons (Fsp3) is 0.500. The predicted molar refractivity (Wildman–Crippen MR) is 82.7 cm³/mol. The number of benzene rings is 1. The highest BCUT2D eigenvalue weighted by atomic mass is 16.6. The van der Waals surface area contributed by atoms with Crippen molar-refractivity contribution >= 4 is 11.7 Å². The highest BCUT2D eigenvalue weighted by Crippen LogP contribution is 2.23. The Bertz CT molecular complexity index is 504. The smallest absolute Gasteiger partial charge is 0.310 e. The van der Waals surface area contributed by atoms with Crippen LogP contribution in [0.3, 0.4) is 0 Å². The summed E-state index contributed by atoms with van der Waals surface area (Å²) in [5, 5.41) is 13.4. The SMILES string of the molecule is NCCCOCC1=NOC(C(Cc2ccccc2)C(=O)O)C1. The molecule has 6 nitrogen and oxygen atoms in total. The summed E-state index contributed by atoms with van der Waals surface area (Å²) in [4.78, 5) is 16.8. The van der Waals surface area contributed by atoms with Crippen molar-refractivity contribution in [3.05, 3.63) is 35.9 Å². The van der Waals surface area contributed by atoms with Gasteiger partial charge >= 0.3 is 5.97 Å². The Labute approximate surface area is 129 Å². The third-order valence-electron chi connectivity index (χ3n) is 3.58. The van der Waals surface area contributed by atoms with Crippen LogP contribution in [0.5, 0.6) is 0 Å². The normalized spacial score (nSPS) is 18.6. The summed E-state index contributed by atoms with van der Waals surface area (Å²) in [7, 11) is 0. The fourth-order valence-electron chi connectivity index (χ4n) is 2.37. The van der Waals surface area contributed by atoms with Crippen LogP contribution < -0.4 is 5.73 Å². The van der Waals surface area contributed by atoms with E-state index in [0.29, 0.717) is 32.6 Å². The molecule has 2 atom stereocenters. The summed E-state index contributed by atoms with van der Waals surface area (Å²) in [6.07, 6.45) is 1.28. The lowest BCUT2D eigenvalue weighted by molar-refractivity contribution is -0.146. The molecule has 0 fully saturated rings. The monoisotopic (exact) mass is 306 g/mol. The number of hydrogen-bond donors (Lipinski definition) is 2. The second-order valence-corrected chi connectivity index (χ2v) is 5.33. The summed E-state index contributed by atoms with van der Waals surface area (Å²) in [6.45, 7) is 1.53. The van der Waals surface area contributed by atoms with Crippen LogP contribution in [0.2, 0.25) is 0 Å². The van der Waals surface area contributed by atoms with Crippen molar-refractivity contribution in [2.45, 2.75) is 25.4 Å². The molecule has 1 aromatic carbocycles. The minimum absolute atomic E-state index is 0.369. The van der Waals surface area contributed by atoms with Gasteiger partial charge in [-0.25, -0.2) is 0 Å². The maximum absolute atomic E-state index is 11.5. The highest BCUT2D eigenvalue weighted by molar-refractivity contribution is 5.87. The molecule has 1 aliphatic rings. The first-order chi connectivity index (χ1) is 10.7. The maximum Gasteiger partial charge on any atom is 0.310 e. The molecule has 1 aliphatic heterocycles. The van der Waals surface area contributed by atoms with Gasteiger partial charge in [0.1, 0.15) is 12.0 Å². The van der Waals surface area contributed by atoms with E-state index in [1.807, 2.05) is 30.3 Å². The minimum atomic E-state index is -0.866. The molecule has 0 saturated carbocycles. The molecule has 120 valence electrons. The number of aliphatic carboxylic acids is 1. The first-order valence-corrected chi connectivity index (χ1v) is 7.47. The van der Waals surface area contributed by atoms with Crippen molar-refractivity contribution in [3.63, 3.8) is 0 Å². The summed E-state index contributed by atoms with van der Waals surface area (Å²) in [5.74, 6) is -1.48. The predicted octanol–water partition coefficient (Wildman–Crippen LogP) is 1.44. The Morgan fingerprint density at radius 2 is 2.23 bits per heavy atom. The molecule has 0 aliphatic carbocycles. The van der Waals surface area contributed by atoms with Gasteiger partial charge in [-0.05, 0) is 24.9 Å². The van der Waals surface area contributed by atoms with Crippen molar-refractivity contribution in [3.8, 4) is 0 Å². The Morgan fingerprint density at radius 3 is 2.91 bits per heavy atom. The van der Waals surface area contributed by atoms with Crippen molar-refractivity contribution < 1.29 is 19.5 Å². The van der Waals surface area contributed by atoms with E-state index in [1.165, 1.54) is 0 Å². The molecule has 2 unspecified atom stereocenters. The Balaban J connectivity index is 1.85. The number of carbonyl (C=O) groups is 1. The number of carboxylic acids is 1. The van der Waals surface area contributed by atoms with E-state index in [9.17, 15) is 9.90 Å². The van der Waals surface area contributed by atoms with Crippen LogP contribution >= 0.6 is 0 Å². The van der Waals surface area contributed by atoms with Gasteiger partial charge in [-0.3, -0.25) is 4.79 Å². The van der Waals surface area contributed by atoms with Crippen LogP contribution in [-0.2, 0) is 20.8 Å². The topological polar surface area (TPSA) is 94.1 Å². The molecule has 0 saturated heterocycles. The van der Waals surface area contributed by atoms with Gasteiger partial charge in [-0.1, -0.05) is 35.5 Å². The summed E-state index contributed by atoms with van der Waals surface area (Å²) < 4.78 is 5.43. The summed E-state index contributed by atoms with van der Waals surface area (Å²) >= 11 is 0. The van der Waals surface area contributed by atoms with Gasteiger partial charge in [-0.15, -0.1) is 0 Å². The van der Waals surface area contributed by atoms with E-state index in [0.717, 1.165) is 17.7 Å². The van der Waals surface area contributed by atoms with Crippen LogP contribution in [0.4, 0.5) is 0 Å². The zero-order valence-corrected chi connectivity index (χ0v) is 12.5. The van der Waals surface area contributed by atoms with E-state index in [4.69, 9.17) is 15.3 Å². The molecular formula is C16H22N2O4. The number of rotatable bonds is 9. The second kappa shape index (κ2) is 8.51. The molecule has 1 heterocycles. The molecule has 22 heavy (non-hydrogen) atoms. The fourth-order valence-corrected chi connectivity index (χ4v) is 2.37. The molecular weight excluding hydrogens is 284 g/mol. The molecule has 2 rings (SSSR count). The van der Waals surface area contributed by atoms with Crippen molar-refractivity contribution in [1.29, 1.82) is 0 Å². The summed E-state index contributed by atoms with van der Waals surface area (Å²) in [6, 6.07) is 9.55. The van der Waals surface area contributed by atoms with Crippen molar-refractivity contribution in [2.24, 2.45) is 16.8 Å². The number of oxime groups is 1. The van der Waals surface area contributed by atoms with Crippen LogP contribution in [-0.4, -0.2) is 42.7 Å². The molecule has 1 aromatic rings. The molecule has 6 heteroatoms. The number of carboxylic acid groups (broad SMARTS) is 1. The first-order valence-electron chi connectivity index (χ1n) is 7.47. The number of hydrogen-bond acceptors (Lipinski definition) is 5. The molecule has 0 aromatic heterocycles. The average molecular weight is 306 g/mol. The highest BCUT2D eigenvalue weighted by Gasteiger charge is 2.34.